The lowest BCUT2D eigenvalue weighted by atomic mass is 10.3. The summed E-state index contributed by atoms with van der Waals surface area (Å²) < 4.78 is 5.02. The highest BCUT2D eigenvalue weighted by molar-refractivity contribution is 7.09. The van der Waals surface area contributed by atoms with E-state index in [2.05, 4.69) is 22.6 Å². The number of methoxy groups -OCH3 is 1. The van der Waals surface area contributed by atoms with E-state index < -0.39 is 0 Å². The predicted molar refractivity (Wildman–Crippen MR) is 55.0 cm³/mol. The van der Waals surface area contributed by atoms with Crippen molar-refractivity contribution in [1.82, 2.24) is 10.3 Å². The lowest BCUT2D eigenvalue weighted by molar-refractivity contribution is 0.171. The van der Waals surface area contributed by atoms with Crippen LogP contribution >= 0.6 is 11.3 Å². The minimum absolute atomic E-state index is 0.381. The average molecular weight is 200 g/mol. The number of nitrogens with zero attached hydrogens (tertiary/aromatic N) is 1. The molecule has 3 nitrogen and oxygen atoms in total. The van der Waals surface area contributed by atoms with Gasteiger partial charge in [-0.1, -0.05) is 0 Å². The summed E-state index contributed by atoms with van der Waals surface area (Å²) in [5.74, 6) is 0. The molecular formula is C9H16N2OS. The summed E-state index contributed by atoms with van der Waals surface area (Å²) in [6.07, 6.45) is 0. The van der Waals surface area contributed by atoms with Crippen LogP contribution in [0, 0.1) is 6.92 Å². The van der Waals surface area contributed by atoms with Gasteiger partial charge in [-0.25, -0.2) is 4.98 Å². The van der Waals surface area contributed by atoms with Crippen LogP contribution < -0.4 is 5.32 Å². The van der Waals surface area contributed by atoms with Crippen LogP contribution in [0.4, 0.5) is 0 Å². The molecule has 0 bridgehead atoms. The summed E-state index contributed by atoms with van der Waals surface area (Å²) in [5, 5.41) is 6.54. The van der Waals surface area contributed by atoms with E-state index in [4.69, 9.17) is 4.74 Å². The second-order valence-corrected chi connectivity index (χ2v) is 4.16. The van der Waals surface area contributed by atoms with Gasteiger partial charge in [-0.05, 0) is 13.8 Å². The zero-order valence-corrected chi connectivity index (χ0v) is 9.15. The zero-order valence-electron chi connectivity index (χ0n) is 8.33. The van der Waals surface area contributed by atoms with E-state index in [1.165, 1.54) is 0 Å². The Morgan fingerprint density at radius 3 is 3.00 bits per heavy atom. The molecule has 1 rings (SSSR count). The fourth-order valence-corrected chi connectivity index (χ4v) is 1.69. The second kappa shape index (κ2) is 5.32. The molecule has 0 radical (unpaired) electrons. The van der Waals surface area contributed by atoms with Crippen molar-refractivity contribution in [3.63, 3.8) is 0 Å². The van der Waals surface area contributed by atoms with Crippen molar-refractivity contribution in [1.29, 1.82) is 0 Å². The Morgan fingerprint density at radius 1 is 1.69 bits per heavy atom. The van der Waals surface area contributed by atoms with E-state index in [0.717, 1.165) is 23.9 Å². The number of nitrogens with one attached hydrogen (secondary N) is 1. The van der Waals surface area contributed by atoms with Gasteiger partial charge < -0.3 is 10.1 Å². The van der Waals surface area contributed by atoms with E-state index in [9.17, 15) is 0 Å². The smallest absolute Gasteiger partial charge is 0.0897 e. The number of thiazole rings is 1. The molecule has 1 unspecified atom stereocenters. The van der Waals surface area contributed by atoms with Crippen LogP contribution in [0.15, 0.2) is 5.38 Å². The third-order valence-electron chi connectivity index (χ3n) is 1.71. The molecule has 1 atom stereocenters. The number of ether oxygens (including phenoxy) is 1. The Hall–Kier alpha value is -0.450. The summed E-state index contributed by atoms with van der Waals surface area (Å²) in [4.78, 5) is 4.36. The third kappa shape index (κ3) is 3.85. The van der Waals surface area contributed by atoms with Gasteiger partial charge in [-0.3, -0.25) is 0 Å². The van der Waals surface area contributed by atoms with Crippen molar-refractivity contribution in [2.75, 3.05) is 13.7 Å². The Bertz CT molecular complexity index is 250. The highest BCUT2D eigenvalue weighted by Gasteiger charge is 2.02. The zero-order chi connectivity index (χ0) is 9.68. The maximum absolute atomic E-state index is 5.02. The third-order valence-corrected chi connectivity index (χ3v) is 2.54. The van der Waals surface area contributed by atoms with Crippen LogP contribution in [0.25, 0.3) is 0 Å². The first-order chi connectivity index (χ1) is 6.22. The van der Waals surface area contributed by atoms with Crippen molar-refractivity contribution in [3.8, 4) is 0 Å². The van der Waals surface area contributed by atoms with Gasteiger partial charge in [0.25, 0.3) is 0 Å². The van der Waals surface area contributed by atoms with Gasteiger partial charge in [0.1, 0.15) is 0 Å². The number of rotatable bonds is 5. The van der Waals surface area contributed by atoms with Gasteiger partial charge in [-0.2, -0.15) is 0 Å². The van der Waals surface area contributed by atoms with Crippen LogP contribution in [0.2, 0.25) is 0 Å². The monoisotopic (exact) mass is 200 g/mol. The number of hydrogen-bond donors (Lipinski definition) is 1. The molecule has 0 saturated carbocycles. The molecule has 0 aliphatic rings. The molecule has 0 amide bonds. The first-order valence-electron chi connectivity index (χ1n) is 4.35. The summed E-state index contributed by atoms with van der Waals surface area (Å²) in [6, 6.07) is 0.381. The first-order valence-corrected chi connectivity index (χ1v) is 5.23. The number of hydrogen-bond acceptors (Lipinski definition) is 4. The Balaban J connectivity index is 2.26. The van der Waals surface area contributed by atoms with Crippen LogP contribution in [0.5, 0.6) is 0 Å². The molecule has 0 aliphatic carbocycles. The predicted octanol–water partition coefficient (Wildman–Crippen LogP) is 1.58. The Kier molecular flexibility index (Phi) is 4.35. The van der Waals surface area contributed by atoms with Gasteiger partial charge in [0, 0.05) is 25.1 Å². The first kappa shape index (κ1) is 10.6. The van der Waals surface area contributed by atoms with Crippen LogP contribution in [-0.4, -0.2) is 24.7 Å². The van der Waals surface area contributed by atoms with E-state index in [1.807, 2.05) is 6.92 Å². The molecule has 0 saturated heterocycles. The maximum Gasteiger partial charge on any atom is 0.0897 e. The molecule has 74 valence electrons. The number of aryl methyl sites for hydroxylation is 1. The Morgan fingerprint density at radius 2 is 2.46 bits per heavy atom. The van der Waals surface area contributed by atoms with Gasteiger partial charge in [0.2, 0.25) is 0 Å². The summed E-state index contributed by atoms with van der Waals surface area (Å²) >= 11 is 1.69. The molecule has 0 fully saturated rings. The van der Waals surface area contributed by atoms with Crippen molar-refractivity contribution in [3.05, 3.63) is 16.1 Å². The molecule has 1 aromatic heterocycles. The summed E-state index contributed by atoms with van der Waals surface area (Å²) in [7, 11) is 1.71. The fourth-order valence-electron chi connectivity index (χ4n) is 1.08. The highest BCUT2D eigenvalue weighted by Crippen LogP contribution is 2.07. The highest BCUT2D eigenvalue weighted by atomic mass is 32.1. The van der Waals surface area contributed by atoms with E-state index in [0.29, 0.717) is 6.04 Å². The lowest BCUT2D eigenvalue weighted by Gasteiger charge is -2.10. The molecule has 1 N–H and O–H groups in total. The largest absolute Gasteiger partial charge is 0.383 e. The van der Waals surface area contributed by atoms with Gasteiger partial charge >= 0.3 is 0 Å². The second-order valence-electron chi connectivity index (χ2n) is 3.10. The Labute approximate surface area is 83.1 Å². The molecule has 4 heteroatoms. The number of aromatic nitrogens is 1. The molecule has 0 aliphatic heterocycles. The van der Waals surface area contributed by atoms with Crippen molar-refractivity contribution in [2.24, 2.45) is 0 Å². The van der Waals surface area contributed by atoms with Crippen molar-refractivity contribution >= 4 is 11.3 Å². The van der Waals surface area contributed by atoms with Crippen LogP contribution in [0.3, 0.4) is 0 Å². The summed E-state index contributed by atoms with van der Waals surface area (Å²) in [5.41, 5.74) is 1.12. The van der Waals surface area contributed by atoms with Gasteiger partial charge in [0.05, 0.1) is 17.3 Å². The quantitative estimate of drug-likeness (QED) is 0.783. The van der Waals surface area contributed by atoms with E-state index in [1.54, 1.807) is 18.4 Å². The van der Waals surface area contributed by atoms with Gasteiger partial charge in [0.15, 0.2) is 0 Å². The fraction of sp³-hybridized carbons (Fsp3) is 0.667. The van der Waals surface area contributed by atoms with Crippen molar-refractivity contribution < 1.29 is 4.74 Å². The minimum atomic E-state index is 0.381. The molecule has 1 aromatic rings. The van der Waals surface area contributed by atoms with Crippen LogP contribution in [-0.2, 0) is 11.3 Å². The molecule has 13 heavy (non-hydrogen) atoms. The normalized spacial score (nSPS) is 13.2. The van der Waals surface area contributed by atoms with E-state index >= 15 is 0 Å². The molecule has 0 aromatic carbocycles. The topological polar surface area (TPSA) is 34.1 Å². The summed E-state index contributed by atoms with van der Waals surface area (Å²) in [6.45, 7) is 5.69. The van der Waals surface area contributed by atoms with E-state index in [-0.39, 0.29) is 0 Å². The van der Waals surface area contributed by atoms with Crippen LogP contribution in [0.1, 0.15) is 17.6 Å². The molecule has 1 heterocycles. The van der Waals surface area contributed by atoms with Gasteiger partial charge in [-0.15, -0.1) is 11.3 Å². The lowest BCUT2D eigenvalue weighted by Crippen LogP contribution is -2.29. The standard InChI is InChI=1S/C9H16N2OS/c1-7(5-12-3)10-4-9-6-13-8(2)11-9/h6-7,10H,4-5H2,1-3H3. The molecular weight excluding hydrogens is 184 g/mol. The molecule has 0 spiro atoms. The maximum atomic E-state index is 5.02. The SMILES string of the molecule is COCC(C)NCc1csc(C)n1. The minimum Gasteiger partial charge on any atom is -0.383 e. The average Bonchev–Trinajstić information content (AvgIpc) is 2.49. The van der Waals surface area contributed by atoms with Crippen molar-refractivity contribution in [2.45, 2.75) is 26.4 Å².